The highest BCUT2D eigenvalue weighted by atomic mass is 16.5. The van der Waals surface area contributed by atoms with Crippen LogP contribution in [0.5, 0.6) is 0 Å². The van der Waals surface area contributed by atoms with Gasteiger partial charge in [0.25, 0.3) is 0 Å². The largest absolute Gasteiger partial charge is 0.472 e. The van der Waals surface area contributed by atoms with Crippen molar-refractivity contribution in [2.24, 2.45) is 22.7 Å². The number of hydrogen-bond donors (Lipinski definition) is 0. The Morgan fingerprint density at radius 2 is 2.22 bits per heavy atom. The van der Waals surface area contributed by atoms with Gasteiger partial charge in [-0.05, 0) is 67.4 Å². The highest BCUT2D eigenvalue weighted by Crippen LogP contribution is 2.63. The van der Waals surface area contributed by atoms with Gasteiger partial charge in [0, 0.05) is 11.0 Å². The lowest BCUT2D eigenvalue weighted by Gasteiger charge is -2.56. The number of aryl methyl sites for hydroxylation is 1. The van der Waals surface area contributed by atoms with Crippen LogP contribution in [0.15, 0.2) is 34.7 Å². The Balaban J connectivity index is 1.65. The molecule has 1 aromatic rings. The van der Waals surface area contributed by atoms with Crippen molar-refractivity contribution in [1.29, 1.82) is 0 Å². The molecule has 124 valence electrons. The van der Waals surface area contributed by atoms with Gasteiger partial charge in [-0.3, -0.25) is 0 Å². The molecule has 2 fully saturated rings. The normalized spacial score (nSPS) is 39.4. The van der Waals surface area contributed by atoms with Crippen molar-refractivity contribution < 1.29 is 13.9 Å². The fraction of sp³-hybridized carbons (Fsp3) is 0.650. The number of furan rings is 1. The van der Waals surface area contributed by atoms with Gasteiger partial charge in [-0.1, -0.05) is 19.9 Å². The predicted octanol–water partition coefficient (Wildman–Crippen LogP) is 4.53. The zero-order chi connectivity index (χ0) is 16.1. The molecule has 1 saturated carbocycles. The van der Waals surface area contributed by atoms with Crippen LogP contribution in [0, 0.1) is 22.7 Å². The van der Waals surface area contributed by atoms with E-state index in [1.165, 1.54) is 18.4 Å². The maximum atomic E-state index is 12.2. The van der Waals surface area contributed by atoms with Crippen molar-refractivity contribution in [3.8, 4) is 0 Å². The summed E-state index contributed by atoms with van der Waals surface area (Å²) in [4.78, 5) is 12.2. The highest BCUT2D eigenvalue weighted by Gasteiger charge is 2.60. The first-order valence-corrected chi connectivity index (χ1v) is 8.95. The van der Waals surface area contributed by atoms with E-state index in [-0.39, 0.29) is 16.8 Å². The van der Waals surface area contributed by atoms with Crippen LogP contribution in [0.1, 0.15) is 51.5 Å². The van der Waals surface area contributed by atoms with E-state index in [4.69, 9.17) is 9.15 Å². The van der Waals surface area contributed by atoms with Gasteiger partial charge in [0.05, 0.1) is 12.5 Å². The molecule has 0 N–H and O–H groups in total. The van der Waals surface area contributed by atoms with Crippen molar-refractivity contribution in [2.45, 2.75) is 52.4 Å². The molecular formula is C20H26O3. The standard InChI is InChI=1S/C20H26O3/c1-14-6-10-20-13-23-18(21)16(20)4-3-5-17(20)19(14,2)9-7-15-8-11-22-12-15/h4,8,11-12,14,17H,3,5-7,9-10,13H2,1-2H3/t14-,17-,19-,20+/m1/s1. The second kappa shape index (κ2) is 5.25. The van der Waals surface area contributed by atoms with Crippen LogP contribution in [-0.4, -0.2) is 12.6 Å². The van der Waals surface area contributed by atoms with E-state index in [1.54, 1.807) is 6.26 Å². The molecule has 3 nitrogen and oxygen atoms in total. The van der Waals surface area contributed by atoms with E-state index in [1.807, 2.05) is 6.26 Å². The highest BCUT2D eigenvalue weighted by molar-refractivity contribution is 5.92. The average molecular weight is 314 g/mol. The van der Waals surface area contributed by atoms with Crippen LogP contribution in [0.25, 0.3) is 0 Å². The molecule has 0 aromatic carbocycles. The second-order valence-electron chi connectivity index (χ2n) is 8.06. The lowest BCUT2D eigenvalue weighted by molar-refractivity contribution is -0.135. The lowest BCUT2D eigenvalue weighted by atomic mass is 9.47. The van der Waals surface area contributed by atoms with Crippen molar-refractivity contribution in [3.63, 3.8) is 0 Å². The fourth-order valence-electron chi connectivity index (χ4n) is 5.56. The smallest absolute Gasteiger partial charge is 0.334 e. The van der Waals surface area contributed by atoms with E-state index < -0.39 is 0 Å². The molecule has 3 aliphatic rings. The number of esters is 1. The molecule has 1 aliphatic heterocycles. The SMILES string of the molecule is C[C@@H]1CC[C@]23COC(=O)C2=CCC[C@@H]3[C@]1(C)CCc1ccoc1. The number of hydrogen-bond acceptors (Lipinski definition) is 3. The van der Waals surface area contributed by atoms with Gasteiger partial charge in [-0.25, -0.2) is 4.79 Å². The summed E-state index contributed by atoms with van der Waals surface area (Å²) in [7, 11) is 0. The van der Waals surface area contributed by atoms with E-state index in [0.29, 0.717) is 18.4 Å². The van der Waals surface area contributed by atoms with Crippen molar-refractivity contribution in [3.05, 3.63) is 35.8 Å². The Morgan fingerprint density at radius 1 is 1.35 bits per heavy atom. The van der Waals surface area contributed by atoms with Crippen LogP contribution in [0.4, 0.5) is 0 Å². The van der Waals surface area contributed by atoms with Gasteiger partial charge in [0.1, 0.15) is 6.61 Å². The first-order chi connectivity index (χ1) is 11.1. The molecule has 0 radical (unpaired) electrons. The minimum absolute atomic E-state index is 0.00695. The van der Waals surface area contributed by atoms with Crippen LogP contribution >= 0.6 is 0 Å². The molecule has 1 saturated heterocycles. The van der Waals surface area contributed by atoms with Crippen LogP contribution in [0.3, 0.4) is 0 Å². The Kier molecular flexibility index (Phi) is 3.44. The molecule has 4 atom stereocenters. The van der Waals surface area contributed by atoms with E-state index in [9.17, 15) is 4.79 Å². The fourth-order valence-corrected chi connectivity index (χ4v) is 5.56. The van der Waals surface area contributed by atoms with Gasteiger partial charge in [-0.2, -0.15) is 0 Å². The summed E-state index contributed by atoms with van der Waals surface area (Å²) in [5, 5.41) is 0. The van der Waals surface area contributed by atoms with E-state index >= 15 is 0 Å². The molecule has 2 aliphatic carbocycles. The maximum Gasteiger partial charge on any atom is 0.334 e. The molecule has 2 heterocycles. The number of ether oxygens (including phenoxy) is 1. The van der Waals surface area contributed by atoms with Crippen LogP contribution in [-0.2, 0) is 16.0 Å². The summed E-state index contributed by atoms with van der Waals surface area (Å²) in [6.45, 7) is 5.46. The second-order valence-corrected chi connectivity index (χ2v) is 8.06. The topological polar surface area (TPSA) is 39.4 Å². The van der Waals surface area contributed by atoms with Gasteiger partial charge in [0.15, 0.2) is 0 Å². The Morgan fingerprint density at radius 3 is 3.00 bits per heavy atom. The molecule has 3 heteroatoms. The molecule has 1 aromatic heterocycles. The van der Waals surface area contributed by atoms with Crippen molar-refractivity contribution >= 4 is 5.97 Å². The predicted molar refractivity (Wildman–Crippen MR) is 87.7 cm³/mol. The third-order valence-electron chi connectivity index (χ3n) is 7.17. The summed E-state index contributed by atoms with van der Waals surface area (Å²) in [6, 6.07) is 2.07. The molecular weight excluding hydrogens is 288 g/mol. The Bertz CT molecular complexity index is 629. The van der Waals surface area contributed by atoms with Crippen LogP contribution in [0.2, 0.25) is 0 Å². The minimum Gasteiger partial charge on any atom is -0.472 e. The molecule has 23 heavy (non-hydrogen) atoms. The summed E-state index contributed by atoms with van der Waals surface area (Å²) >= 11 is 0. The zero-order valence-electron chi connectivity index (χ0n) is 14.1. The average Bonchev–Trinajstić information content (AvgIpc) is 3.18. The summed E-state index contributed by atoms with van der Waals surface area (Å²) in [5.74, 6) is 1.18. The number of allylic oxidation sites excluding steroid dienone is 1. The number of cyclic esters (lactones) is 1. The minimum atomic E-state index is -0.0542. The first kappa shape index (κ1) is 15.0. The lowest BCUT2D eigenvalue weighted by Crippen LogP contribution is -2.51. The van der Waals surface area contributed by atoms with Crippen LogP contribution < -0.4 is 0 Å². The summed E-state index contributed by atoms with van der Waals surface area (Å²) < 4.78 is 10.7. The third-order valence-corrected chi connectivity index (χ3v) is 7.17. The monoisotopic (exact) mass is 314 g/mol. The van der Waals surface area contributed by atoms with E-state index in [0.717, 1.165) is 31.3 Å². The van der Waals surface area contributed by atoms with E-state index in [2.05, 4.69) is 26.0 Å². The Labute approximate surface area is 138 Å². The van der Waals surface area contributed by atoms with Gasteiger partial charge in [-0.15, -0.1) is 0 Å². The summed E-state index contributed by atoms with van der Waals surface area (Å²) in [5.41, 5.74) is 2.52. The van der Waals surface area contributed by atoms with Gasteiger partial charge >= 0.3 is 5.97 Å². The van der Waals surface area contributed by atoms with Gasteiger partial charge < -0.3 is 9.15 Å². The van der Waals surface area contributed by atoms with Crippen molar-refractivity contribution in [1.82, 2.24) is 0 Å². The quantitative estimate of drug-likeness (QED) is 0.770. The molecule has 1 spiro atoms. The Hall–Kier alpha value is -1.51. The number of carbonyl (C=O) groups excluding carboxylic acids is 1. The number of carbonyl (C=O) groups is 1. The van der Waals surface area contributed by atoms with Gasteiger partial charge in [0.2, 0.25) is 0 Å². The molecule has 0 bridgehead atoms. The molecule has 4 rings (SSSR count). The third kappa shape index (κ3) is 2.12. The van der Waals surface area contributed by atoms with Crippen molar-refractivity contribution in [2.75, 3.05) is 6.61 Å². The molecule has 0 amide bonds. The maximum absolute atomic E-state index is 12.2. The molecule has 0 unspecified atom stereocenters. The summed E-state index contributed by atoms with van der Waals surface area (Å²) in [6.07, 6.45) is 12.5. The number of rotatable bonds is 3. The zero-order valence-corrected chi connectivity index (χ0v) is 14.1. The first-order valence-electron chi connectivity index (χ1n) is 8.95.